The van der Waals surface area contributed by atoms with Crippen molar-refractivity contribution in [3.8, 4) is 5.75 Å². The Balaban J connectivity index is 3.19. The molecule has 5 heteroatoms. The number of aryl methyl sites for hydroxylation is 1. The molecule has 0 saturated heterocycles. The fraction of sp³-hybridized carbons (Fsp3) is 0.417. The molecule has 0 fully saturated rings. The number of carbonyl (C=O) groups is 1. The summed E-state index contributed by atoms with van der Waals surface area (Å²) in [7, 11) is 1.34. The average Bonchev–Trinajstić information content (AvgIpc) is 2.32. The van der Waals surface area contributed by atoms with Gasteiger partial charge in [-0.2, -0.15) is 0 Å². The van der Waals surface area contributed by atoms with Crippen LogP contribution < -0.4 is 4.74 Å². The Kier molecular flexibility index (Phi) is 4.45. The predicted octanol–water partition coefficient (Wildman–Crippen LogP) is 1.74. The normalized spacial score (nSPS) is 12.1. The molecule has 0 amide bonds. The van der Waals surface area contributed by atoms with Crippen LogP contribution in [-0.4, -0.2) is 24.8 Å². The van der Waals surface area contributed by atoms with Gasteiger partial charge < -0.3 is 14.6 Å². The lowest BCUT2D eigenvalue weighted by atomic mass is 10.0. The van der Waals surface area contributed by atoms with Crippen molar-refractivity contribution in [2.75, 3.05) is 13.7 Å². The lowest BCUT2D eigenvalue weighted by molar-refractivity contribution is -0.153. The lowest BCUT2D eigenvalue weighted by Crippen LogP contribution is -2.18. The van der Waals surface area contributed by atoms with E-state index in [0.717, 1.165) is 0 Å². The maximum Gasteiger partial charge on any atom is 0.339 e. The molecular formula is C12H15FO4. The van der Waals surface area contributed by atoms with Gasteiger partial charge in [-0.25, -0.2) is 9.18 Å². The zero-order valence-electron chi connectivity index (χ0n) is 9.99. The van der Waals surface area contributed by atoms with E-state index in [9.17, 15) is 14.3 Å². The summed E-state index contributed by atoms with van der Waals surface area (Å²) in [6, 6.07) is 3.01. The van der Waals surface area contributed by atoms with Crippen LogP contribution in [0, 0.1) is 12.7 Å². The molecule has 0 radical (unpaired) electrons. The molecule has 0 bridgehead atoms. The topological polar surface area (TPSA) is 55.8 Å². The third-order valence-electron chi connectivity index (χ3n) is 2.34. The van der Waals surface area contributed by atoms with Gasteiger partial charge in [0.25, 0.3) is 0 Å². The first-order chi connectivity index (χ1) is 8.02. The number of aliphatic hydroxyl groups excluding tert-OH is 1. The standard InChI is InChI=1S/C12H15FO4/c1-4-17-12(15)11(14)9-8(16-3)6-5-7(2)10(9)13/h5-6,11,14H,4H2,1-3H3. The molecule has 4 nitrogen and oxygen atoms in total. The van der Waals surface area contributed by atoms with Crippen LogP contribution >= 0.6 is 0 Å². The molecule has 0 aliphatic rings. The van der Waals surface area contributed by atoms with E-state index < -0.39 is 17.9 Å². The van der Waals surface area contributed by atoms with E-state index in [2.05, 4.69) is 4.74 Å². The SMILES string of the molecule is CCOC(=O)C(O)c1c(OC)ccc(C)c1F. The Bertz CT molecular complexity index is 417. The highest BCUT2D eigenvalue weighted by Gasteiger charge is 2.27. The van der Waals surface area contributed by atoms with E-state index in [1.807, 2.05) is 0 Å². The van der Waals surface area contributed by atoms with E-state index in [4.69, 9.17) is 4.74 Å². The second kappa shape index (κ2) is 5.63. The van der Waals surface area contributed by atoms with Gasteiger partial charge in [0.15, 0.2) is 6.10 Å². The van der Waals surface area contributed by atoms with Crippen molar-refractivity contribution in [2.24, 2.45) is 0 Å². The Hall–Kier alpha value is -1.62. The summed E-state index contributed by atoms with van der Waals surface area (Å²) < 4.78 is 23.4. The van der Waals surface area contributed by atoms with Crippen molar-refractivity contribution in [3.63, 3.8) is 0 Å². The molecular weight excluding hydrogens is 227 g/mol. The van der Waals surface area contributed by atoms with Crippen molar-refractivity contribution < 1.29 is 23.8 Å². The number of ether oxygens (including phenoxy) is 2. The van der Waals surface area contributed by atoms with Crippen LogP contribution in [-0.2, 0) is 9.53 Å². The minimum Gasteiger partial charge on any atom is -0.496 e. The zero-order chi connectivity index (χ0) is 13.0. The molecule has 94 valence electrons. The fourth-order valence-electron chi connectivity index (χ4n) is 1.46. The Morgan fingerprint density at radius 2 is 2.18 bits per heavy atom. The van der Waals surface area contributed by atoms with Crippen molar-refractivity contribution in [2.45, 2.75) is 20.0 Å². The van der Waals surface area contributed by atoms with Crippen LogP contribution in [0.25, 0.3) is 0 Å². The van der Waals surface area contributed by atoms with Gasteiger partial charge in [0.1, 0.15) is 11.6 Å². The minimum absolute atomic E-state index is 0.117. The summed E-state index contributed by atoms with van der Waals surface area (Å²) in [5, 5.41) is 9.74. The summed E-state index contributed by atoms with van der Waals surface area (Å²) in [4.78, 5) is 11.4. The smallest absolute Gasteiger partial charge is 0.339 e. The van der Waals surface area contributed by atoms with Crippen LogP contribution in [0.5, 0.6) is 5.75 Å². The largest absolute Gasteiger partial charge is 0.496 e. The molecule has 1 aromatic carbocycles. The first-order valence-electron chi connectivity index (χ1n) is 5.20. The highest BCUT2D eigenvalue weighted by molar-refractivity contribution is 5.77. The summed E-state index contributed by atoms with van der Waals surface area (Å²) in [5.41, 5.74) is 0.134. The predicted molar refractivity (Wildman–Crippen MR) is 59.3 cm³/mol. The van der Waals surface area contributed by atoms with Crippen LogP contribution in [0.4, 0.5) is 4.39 Å². The number of halogens is 1. The second-order valence-corrected chi connectivity index (χ2v) is 3.47. The van der Waals surface area contributed by atoms with Gasteiger partial charge in [-0.1, -0.05) is 6.07 Å². The molecule has 0 aromatic heterocycles. The lowest BCUT2D eigenvalue weighted by Gasteiger charge is -2.15. The Morgan fingerprint density at radius 1 is 1.53 bits per heavy atom. The van der Waals surface area contributed by atoms with Crippen LogP contribution in [0.15, 0.2) is 12.1 Å². The molecule has 1 rings (SSSR count). The Labute approximate surface area is 99.0 Å². The minimum atomic E-state index is -1.68. The third kappa shape index (κ3) is 2.74. The molecule has 1 unspecified atom stereocenters. The molecule has 0 spiro atoms. The van der Waals surface area contributed by atoms with Gasteiger partial charge in [-0.3, -0.25) is 0 Å². The van der Waals surface area contributed by atoms with Crippen molar-refractivity contribution in [1.82, 2.24) is 0 Å². The van der Waals surface area contributed by atoms with Crippen LogP contribution in [0.2, 0.25) is 0 Å². The summed E-state index contributed by atoms with van der Waals surface area (Å²) in [6.45, 7) is 3.26. The first-order valence-corrected chi connectivity index (χ1v) is 5.20. The number of rotatable bonds is 4. The molecule has 1 N–H and O–H groups in total. The van der Waals surface area contributed by atoms with Crippen molar-refractivity contribution >= 4 is 5.97 Å². The van der Waals surface area contributed by atoms with E-state index in [-0.39, 0.29) is 17.9 Å². The first kappa shape index (κ1) is 13.4. The molecule has 0 heterocycles. The van der Waals surface area contributed by atoms with Crippen LogP contribution in [0.3, 0.4) is 0 Å². The van der Waals surface area contributed by atoms with E-state index in [0.29, 0.717) is 5.56 Å². The van der Waals surface area contributed by atoms with Gasteiger partial charge in [-0.15, -0.1) is 0 Å². The molecule has 17 heavy (non-hydrogen) atoms. The summed E-state index contributed by atoms with van der Waals surface area (Å²) in [5.74, 6) is -1.44. The number of aliphatic hydroxyl groups is 1. The molecule has 1 atom stereocenters. The highest BCUT2D eigenvalue weighted by atomic mass is 19.1. The summed E-state index contributed by atoms with van der Waals surface area (Å²) >= 11 is 0. The third-order valence-corrected chi connectivity index (χ3v) is 2.34. The molecule has 0 aliphatic carbocycles. The summed E-state index contributed by atoms with van der Waals surface area (Å²) in [6.07, 6.45) is -1.68. The second-order valence-electron chi connectivity index (χ2n) is 3.47. The van der Waals surface area contributed by atoms with Crippen molar-refractivity contribution in [3.05, 3.63) is 29.1 Å². The van der Waals surface area contributed by atoms with E-state index in [1.54, 1.807) is 6.92 Å². The number of methoxy groups -OCH3 is 1. The fourth-order valence-corrected chi connectivity index (χ4v) is 1.46. The van der Waals surface area contributed by atoms with Gasteiger partial charge in [0.2, 0.25) is 0 Å². The maximum atomic E-state index is 13.9. The highest BCUT2D eigenvalue weighted by Crippen LogP contribution is 2.30. The van der Waals surface area contributed by atoms with Crippen molar-refractivity contribution in [1.29, 1.82) is 0 Å². The van der Waals surface area contributed by atoms with Gasteiger partial charge in [0.05, 0.1) is 19.3 Å². The van der Waals surface area contributed by atoms with Gasteiger partial charge >= 0.3 is 5.97 Å². The van der Waals surface area contributed by atoms with Crippen LogP contribution in [0.1, 0.15) is 24.2 Å². The van der Waals surface area contributed by atoms with E-state index in [1.165, 1.54) is 26.2 Å². The molecule has 1 aromatic rings. The number of esters is 1. The maximum absolute atomic E-state index is 13.9. The number of hydrogen-bond donors (Lipinski definition) is 1. The number of hydrogen-bond acceptors (Lipinski definition) is 4. The monoisotopic (exact) mass is 242 g/mol. The van der Waals surface area contributed by atoms with Gasteiger partial charge in [0, 0.05) is 0 Å². The Morgan fingerprint density at radius 3 is 2.71 bits per heavy atom. The quantitative estimate of drug-likeness (QED) is 0.817. The molecule has 0 saturated carbocycles. The zero-order valence-corrected chi connectivity index (χ0v) is 9.99. The molecule has 0 aliphatic heterocycles. The number of benzene rings is 1. The number of carbonyl (C=O) groups excluding carboxylic acids is 1. The van der Waals surface area contributed by atoms with Gasteiger partial charge in [-0.05, 0) is 25.5 Å². The van der Waals surface area contributed by atoms with E-state index >= 15 is 0 Å². The average molecular weight is 242 g/mol.